The smallest absolute Gasteiger partial charge is 0.251 e. The molecule has 0 radical (unpaired) electrons. The standard InChI is InChI=1S/C29H29N3O5/c1-4-35-26-15-6-20(16-27(26)36-5-2)18-30-29(33)22-9-7-21(8-10-22)25-17-28(32-19-31-25)37-24-13-11-23(34-3)12-14-24/h6-17,19H,4-5,18H2,1-3H3,(H,30,33). The molecule has 0 bridgehead atoms. The van der Waals surface area contributed by atoms with Crippen molar-refractivity contribution in [2.24, 2.45) is 0 Å². The highest BCUT2D eigenvalue weighted by Gasteiger charge is 2.10. The first kappa shape index (κ1) is 25.5. The SMILES string of the molecule is CCOc1ccc(CNC(=O)c2ccc(-c3cc(Oc4ccc(OC)cc4)ncn3)cc2)cc1OCC. The monoisotopic (exact) mass is 499 g/mol. The molecule has 0 aliphatic heterocycles. The van der Waals surface area contributed by atoms with Crippen LogP contribution >= 0.6 is 0 Å². The zero-order valence-electron chi connectivity index (χ0n) is 21.1. The molecule has 0 aliphatic rings. The van der Waals surface area contributed by atoms with E-state index in [2.05, 4.69) is 15.3 Å². The van der Waals surface area contributed by atoms with Crippen molar-refractivity contribution in [3.8, 4) is 40.1 Å². The number of amides is 1. The van der Waals surface area contributed by atoms with Crippen LogP contribution in [0.4, 0.5) is 0 Å². The Kier molecular flexibility index (Phi) is 8.54. The number of aromatic nitrogens is 2. The van der Waals surface area contributed by atoms with Crippen molar-refractivity contribution in [2.45, 2.75) is 20.4 Å². The van der Waals surface area contributed by atoms with E-state index in [0.29, 0.717) is 54.1 Å². The van der Waals surface area contributed by atoms with Crippen molar-refractivity contribution in [1.82, 2.24) is 15.3 Å². The summed E-state index contributed by atoms with van der Waals surface area (Å²) in [5.74, 6) is 2.98. The Balaban J connectivity index is 1.39. The molecule has 190 valence electrons. The molecule has 4 aromatic rings. The molecule has 1 amide bonds. The number of ether oxygens (including phenoxy) is 4. The van der Waals surface area contributed by atoms with Crippen LogP contribution in [0.5, 0.6) is 28.9 Å². The highest BCUT2D eigenvalue weighted by Crippen LogP contribution is 2.29. The van der Waals surface area contributed by atoms with E-state index in [4.69, 9.17) is 18.9 Å². The van der Waals surface area contributed by atoms with E-state index in [-0.39, 0.29) is 5.91 Å². The van der Waals surface area contributed by atoms with Gasteiger partial charge in [-0.25, -0.2) is 9.97 Å². The Morgan fingerprint density at radius 3 is 2.22 bits per heavy atom. The predicted octanol–water partition coefficient (Wildman–Crippen LogP) is 5.67. The summed E-state index contributed by atoms with van der Waals surface area (Å²) in [5.41, 5.74) is 2.99. The number of nitrogens with zero attached hydrogens (tertiary/aromatic N) is 2. The lowest BCUT2D eigenvalue weighted by molar-refractivity contribution is 0.0951. The van der Waals surface area contributed by atoms with Crippen molar-refractivity contribution in [1.29, 1.82) is 0 Å². The quantitative estimate of drug-likeness (QED) is 0.284. The van der Waals surface area contributed by atoms with Crippen LogP contribution in [0, 0.1) is 0 Å². The topological polar surface area (TPSA) is 91.8 Å². The Bertz CT molecular complexity index is 1320. The Morgan fingerprint density at radius 1 is 0.811 bits per heavy atom. The molecule has 8 nitrogen and oxygen atoms in total. The zero-order chi connectivity index (χ0) is 26.0. The van der Waals surface area contributed by atoms with Crippen LogP contribution in [-0.4, -0.2) is 36.2 Å². The van der Waals surface area contributed by atoms with Gasteiger partial charge < -0.3 is 24.3 Å². The number of benzene rings is 3. The lowest BCUT2D eigenvalue weighted by Crippen LogP contribution is -2.22. The Morgan fingerprint density at radius 2 is 1.51 bits per heavy atom. The summed E-state index contributed by atoms with van der Waals surface area (Å²) < 4.78 is 22.3. The number of hydrogen-bond donors (Lipinski definition) is 1. The molecular formula is C29H29N3O5. The predicted molar refractivity (Wildman–Crippen MR) is 140 cm³/mol. The van der Waals surface area contributed by atoms with Gasteiger partial charge in [-0.15, -0.1) is 0 Å². The van der Waals surface area contributed by atoms with Gasteiger partial charge in [-0.05, 0) is 67.9 Å². The number of carbonyl (C=O) groups excluding carboxylic acids is 1. The van der Waals surface area contributed by atoms with Gasteiger partial charge >= 0.3 is 0 Å². The molecule has 0 fully saturated rings. The molecule has 0 unspecified atom stereocenters. The summed E-state index contributed by atoms with van der Waals surface area (Å²) in [7, 11) is 1.61. The average Bonchev–Trinajstić information content (AvgIpc) is 2.94. The van der Waals surface area contributed by atoms with Crippen molar-refractivity contribution in [2.75, 3.05) is 20.3 Å². The number of nitrogens with one attached hydrogen (secondary N) is 1. The van der Waals surface area contributed by atoms with E-state index in [1.165, 1.54) is 6.33 Å². The molecule has 1 heterocycles. The van der Waals surface area contributed by atoms with Gasteiger partial charge in [-0.1, -0.05) is 18.2 Å². The molecule has 0 saturated carbocycles. The van der Waals surface area contributed by atoms with E-state index < -0.39 is 0 Å². The third kappa shape index (κ3) is 6.76. The molecule has 4 rings (SSSR count). The molecule has 8 heteroatoms. The first-order valence-corrected chi connectivity index (χ1v) is 12.0. The third-order valence-electron chi connectivity index (χ3n) is 5.43. The first-order valence-electron chi connectivity index (χ1n) is 12.0. The highest BCUT2D eigenvalue weighted by atomic mass is 16.5. The summed E-state index contributed by atoms with van der Waals surface area (Å²) >= 11 is 0. The van der Waals surface area contributed by atoms with Gasteiger partial charge in [0.15, 0.2) is 11.5 Å². The lowest BCUT2D eigenvalue weighted by Gasteiger charge is -2.13. The minimum absolute atomic E-state index is 0.176. The van der Waals surface area contributed by atoms with Gasteiger partial charge in [0.25, 0.3) is 5.91 Å². The maximum absolute atomic E-state index is 12.7. The molecule has 0 saturated heterocycles. The van der Waals surface area contributed by atoms with Gasteiger partial charge in [0, 0.05) is 23.7 Å². The average molecular weight is 500 g/mol. The molecule has 0 aliphatic carbocycles. The Labute approximate surface area is 216 Å². The molecule has 37 heavy (non-hydrogen) atoms. The van der Waals surface area contributed by atoms with Crippen molar-refractivity contribution in [3.63, 3.8) is 0 Å². The zero-order valence-corrected chi connectivity index (χ0v) is 21.1. The van der Waals surface area contributed by atoms with Crippen LogP contribution in [0.15, 0.2) is 79.1 Å². The number of methoxy groups -OCH3 is 1. The first-order chi connectivity index (χ1) is 18.1. The molecular weight excluding hydrogens is 470 g/mol. The van der Waals surface area contributed by atoms with Gasteiger partial charge in [-0.3, -0.25) is 4.79 Å². The summed E-state index contributed by atoms with van der Waals surface area (Å²) in [6, 6.07) is 21.9. The number of hydrogen-bond acceptors (Lipinski definition) is 7. The minimum Gasteiger partial charge on any atom is -0.497 e. The van der Waals surface area contributed by atoms with E-state index >= 15 is 0 Å². The maximum atomic E-state index is 12.7. The molecule has 1 N–H and O–H groups in total. The van der Waals surface area contributed by atoms with Gasteiger partial charge in [0.2, 0.25) is 5.88 Å². The van der Waals surface area contributed by atoms with Crippen LogP contribution in [0.3, 0.4) is 0 Å². The van der Waals surface area contributed by atoms with E-state index in [1.54, 1.807) is 37.4 Å². The van der Waals surface area contributed by atoms with E-state index in [1.807, 2.05) is 56.3 Å². The third-order valence-corrected chi connectivity index (χ3v) is 5.43. The van der Waals surface area contributed by atoms with Crippen LogP contribution in [-0.2, 0) is 6.54 Å². The molecule has 3 aromatic carbocycles. The minimum atomic E-state index is -0.176. The van der Waals surface area contributed by atoms with Crippen molar-refractivity contribution in [3.05, 3.63) is 90.3 Å². The fraction of sp³-hybridized carbons (Fsp3) is 0.207. The summed E-state index contributed by atoms with van der Waals surface area (Å²) in [6.07, 6.45) is 1.45. The second-order valence-electron chi connectivity index (χ2n) is 7.93. The molecule has 1 aromatic heterocycles. The molecule has 0 spiro atoms. The van der Waals surface area contributed by atoms with Crippen molar-refractivity contribution >= 4 is 5.91 Å². The lowest BCUT2D eigenvalue weighted by atomic mass is 10.1. The highest BCUT2D eigenvalue weighted by molar-refractivity contribution is 5.94. The second kappa shape index (κ2) is 12.4. The van der Waals surface area contributed by atoms with Gasteiger partial charge in [-0.2, -0.15) is 0 Å². The normalized spacial score (nSPS) is 10.5. The Hall–Kier alpha value is -4.59. The largest absolute Gasteiger partial charge is 0.497 e. The summed E-state index contributed by atoms with van der Waals surface area (Å²) in [6.45, 7) is 5.30. The second-order valence-corrected chi connectivity index (χ2v) is 7.93. The number of carbonyl (C=O) groups is 1. The van der Waals surface area contributed by atoms with Crippen LogP contribution < -0.4 is 24.3 Å². The van der Waals surface area contributed by atoms with Crippen LogP contribution in [0.25, 0.3) is 11.3 Å². The van der Waals surface area contributed by atoms with Crippen LogP contribution in [0.2, 0.25) is 0 Å². The fourth-order valence-electron chi connectivity index (χ4n) is 3.60. The summed E-state index contributed by atoms with van der Waals surface area (Å²) in [4.78, 5) is 21.3. The fourth-order valence-corrected chi connectivity index (χ4v) is 3.60. The van der Waals surface area contributed by atoms with Gasteiger partial charge in [0.1, 0.15) is 17.8 Å². The van der Waals surface area contributed by atoms with Crippen molar-refractivity contribution < 1.29 is 23.7 Å². The van der Waals surface area contributed by atoms with Crippen LogP contribution in [0.1, 0.15) is 29.8 Å². The molecule has 0 atom stereocenters. The van der Waals surface area contributed by atoms with E-state index in [9.17, 15) is 4.79 Å². The summed E-state index contributed by atoms with van der Waals surface area (Å²) in [5, 5.41) is 2.95. The van der Waals surface area contributed by atoms with E-state index in [0.717, 1.165) is 16.9 Å². The number of rotatable bonds is 11. The maximum Gasteiger partial charge on any atom is 0.251 e. The van der Waals surface area contributed by atoms with Gasteiger partial charge in [0.05, 0.1) is 26.0 Å².